The fourth-order valence-electron chi connectivity index (χ4n) is 3.99. The number of thiophene rings is 1. The first-order chi connectivity index (χ1) is 14.1. The molecule has 6 nitrogen and oxygen atoms in total. The van der Waals surface area contributed by atoms with Crippen LogP contribution < -0.4 is 5.32 Å². The molecule has 150 valence electrons. The number of allylic oxidation sites excluding steroid dienone is 1. The third-order valence-electron chi connectivity index (χ3n) is 5.48. The lowest BCUT2D eigenvalue weighted by Gasteiger charge is -2.30. The number of nitrogens with zero attached hydrogens (tertiary/aromatic N) is 1. The molecule has 1 aliphatic rings. The van der Waals surface area contributed by atoms with E-state index >= 15 is 0 Å². The van der Waals surface area contributed by atoms with Crippen molar-refractivity contribution in [3.8, 4) is 0 Å². The molecule has 1 aromatic carbocycles. The molecule has 0 bridgehead atoms. The fourth-order valence-corrected chi connectivity index (χ4v) is 4.62. The summed E-state index contributed by atoms with van der Waals surface area (Å²) in [6.45, 7) is 2.41. The molecule has 1 aliphatic carbocycles. The number of carboxylic acid groups (broad SMARTS) is 1. The first-order valence-electron chi connectivity index (χ1n) is 9.76. The lowest BCUT2D eigenvalue weighted by Crippen LogP contribution is -2.39. The average Bonchev–Trinajstić information content (AvgIpc) is 3.39. The molecule has 1 atom stereocenters. The van der Waals surface area contributed by atoms with Crippen LogP contribution in [0.1, 0.15) is 36.6 Å². The highest BCUT2D eigenvalue weighted by molar-refractivity contribution is 7.12. The standard InChI is InChI=1S/C22H24N4O2S/c1-2-26(22(27)28)16-8-5-14(6-9-16)18-13-24-19-12-15(7-10-17(18)19)25-21(23)20-4-3-11-29-20/h3-5,7,10-13,16,24H,2,6,8-9H2,1H3,(H2,23,25)(H,27,28). The Balaban J connectivity index is 1.52. The van der Waals surface area contributed by atoms with Crippen molar-refractivity contribution in [2.45, 2.75) is 32.2 Å². The number of H-pyrrole nitrogens is 1. The number of amidine groups is 1. The van der Waals surface area contributed by atoms with Gasteiger partial charge in [-0.3, -0.25) is 5.41 Å². The molecule has 2 aromatic heterocycles. The van der Waals surface area contributed by atoms with E-state index in [1.807, 2.05) is 42.8 Å². The van der Waals surface area contributed by atoms with Gasteiger partial charge in [0.15, 0.2) is 0 Å². The molecule has 4 rings (SSSR count). The maximum Gasteiger partial charge on any atom is 0.407 e. The van der Waals surface area contributed by atoms with Crippen molar-refractivity contribution >= 4 is 45.4 Å². The summed E-state index contributed by atoms with van der Waals surface area (Å²) in [6, 6.07) is 10.0. The van der Waals surface area contributed by atoms with Gasteiger partial charge in [0.05, 0.1) is 4.88 Å². The van der Waals surface area contributed by atoms with Gasteiger partial charge in [0, 0.05) is 40.9 Å². The minimum absolute atomic E-state index is 0.0607. The van der Waals surface area contributed by atoms with Crippen molar-refractivity contribution in [2.75, 3.05) is 11.9 Å². The number of anilines is 1. The molecule has 0 aliphatic heterocycles. The predicted octanol–water partition coefficient (Wildman–Crippen LogP) is 5.60. The Morgan fingerprint density at radius 2 is 2.28 bits per heavy atom. The third-order valence-corrected chi connectivity index (χ3v) is 6.36. The fraction of sp³-hybridized carbons (Fsp3) is 0.273. The summed E-state index contributed by atoms with van der Waals surface area (Å²) in [4.78, 5) is 17.2. The number of rotatable bonds is 5. The quantitative estimate of drug-likeness (QED) is 0.327. The van der Waals surface area contributed by atoms with E-state index in [2.05, 4.69) is 22.4 Å². The van der Waals surface area contributed by atoms with Crippen LogP contribution in [0.4, 0.5) is 10.5 Å². The van der Waals surface area contributed by atoms with Crippen LogP contribution in [0, 0.1) is 5.41 Å². The van der Waals surface area contributed by atoms with Gasteiger partial charge in [-0.2, -0.15) is 0 Å². The van der Waals surface area contributed by atoms with Crippen LogP contribution >= 0.6 is 11.3 Å². The van der Waals surface area contributed by atoms with Crippen molar-refractivity contribution in [1.29, 1.82) is 5.41 Å². The first-order valence-corrected chi connectivity index (χ1v) is 10.6. The highest BCUT2D eigenvalue weighted by Gasteiger charge is 2.25. The topological polar surface area (TPSA) is 92.2 Å². The van der Waals surface area contributed by atoms with E-state index in [1.54, 1.807) is 0 Å². The van der Waals surface area contributed by atoms with Crippen molar-refractivity contribution in [2.24, 2.45) is 0 Å². The molecule has 1 amide bonds. The third kappa shape index (κ3) is 3.91. The van der Waals surface area contributed by atoms with Crippen LogP contribution in [-0.2, 0) is 0 Å². The SMILES string of the molecule is CCN(C(=O)O)C1CC=C(c2c[nH]c3cc(NC(=N)c4cccs4)ccc23)CC1. The summed E-state index contributed by atoms with van der Waals surface area (Å²) in [5.41, 5.74) is 4.34. The van der Waals surface area contributed by atoms with E-state index in [0.717, 1.165) is 40.7 Å². The van der Waals surface area contributed by atoms with Crippen LogP contribution in [0.2, 0.25) is 0 Å². The molecule has 0 saturated carbocycles. The maximum atomic E-state index is 11.4. The highest BCUT2D eigenvalue weighted by atomic mass is 32.1. The van der Waals surface area contributed by atoms with Gasteiger partial charge in [-0.25, -0.2) is 4.79 Å². The summed E-state index contributed by atoms with van der Waals surface area (Å²) in [5, 5.41) is 23.8. The van der Waals surface area contributed by atoms with Crippen molar-refractivity contribution in [3.05, 3.63) is 58.4 Å². The van der Waals surface area contributed by atoms with Gasteiger partial charge >= 0.3 is 6.09 Å². The number of aromatic amines is 1. The van der Waals surface area contributed by atoms with Crippen molar-refractivity contribution in [1.82, 2.24) is 9.88 Å². The number of hydrogen-bond donors (Lipinski definition) is 4. The van der Waals surface area contributed by atoms with E-state index in [9.17, 15) is 9.90 Å². The molecule has 0 radical (unpaired) electrons. The zero-order valence-corrected chi connectivity index (χ0v) is 17.1. The molecule has 1 unspecified atom stereocenters. The molecule has 4 N–H and O–H groups in total. The van der Waals surface area contributed by atoms with Gasteiger partial charge in [-0.05, 0) is 55.3 Å². The average molecular weight is 409 g/mol. The summed E-state index contributed by atoms with van der Waals surface area (Å²) < 4.78 is 0. The zero-order valence-electron chi connectivity index (χ0n) is 16.2. The number of hydrogen-bond acceptors (Lipinski definition) is 3. The second kappa shape index (κ2) is 8.13. The van der Waals surface area contributed by atoms with Gasteiger partial charge in [0.25, 0.3) is 0 Å². The van der Waals surface area contributed by atoms with Gasteiger partial charge in [0.2, 0.25) is 0 Å². The van der Waals surface area contributed by atoms with E-state index in [4.69, 9.17) is 5.41 Å². The van der Waals surface area contributed by atoms with Crippen LogP contribution in [-0.4, -0.2) is 39.5 Å². The summed E-state index contributed by atoms with van der Waals surface area (Å²) in [5.74, 6) is 0.395. The molecule has 29 heavy (non-hydrogen) atoms. The molecular formula is C22H24N4O2S. The Hall–Kier alpha value is -3.06. The number of aromatic nitrogens is 1. The lowest BCUT2D eigenvalue weighted by molar-refractivity contribution is 0.124. The van der Waals surface area contributed by atoms with Crippen LogP contribution in [0.15, 0.2) is 48.0 Å². The molecule has 2 heterocycles. The summed E-state index contributed by atoms with van der Waals surface area (Å²) in [6.07, 6.45) is 5.83. The van der Waals surface area contributed by atoms with Crippen LogP contribution in [0.3, 0.4) is 0 Å². The maximum absolute atomic E-state index is 11.4. The van der Waals surface area contributed by atoms with Gasteiger partial charge in [-0.15, -0.1) is 11.3 Å². The molecule has 7 heteroatoms. The largest absolute Gasteiger partial charge is 0.465 e. The Bertz CT molecular complexity index is 1070. The van der Waals surface area contributed by atoms with Crippen LogP contribution in [0.25, 0.3) is 16.5 Å². The number of fused-ring (bicyclic) bond motifs is 1. The van der Waals surface area contributed by atoms with E-state index in [-0.39, 0.29) is 6.04 Å². The second-order valence-electron chi connectivity index (χ2n) is 7.17. The minimum atomic E-state index is -0.838. The van der Waals surface area contributed by atoms with Gasteiger partial charge < -0.3 is 20.3 Å². The number of amides is 1. The molecular weight excluding hydrogens is 384 g/mol. The summed E-state index contributed by atoms with van der Waals surface area (Å²) >= 11 is 1.54. The molecule has 0 fully saturated rings. The number of carbonyl (C=O) groups is 1. The highest BCUT2D eigenvalue weighted by Crippen LogP contribution is 2.34. The minimum Gasteiger partial charge on any atom is -0.465 e. The van der Waals surface area contributed by atoms with Crippen molar-refractivity contribution < 1.29 is 9.90 Å². The Labute approximate surface area is 173 Å². The molecule has 0 saturated heterocycles. The molecule has 3 aromatic rings. The Morgan fingerprint density at radius 1 is 1.41 bits per heavy atom. The predicted molar refractivity (Wildman–Crippen MR) is 119 cm³/mol. The Kier molecular flexibility index (Phi) is 5.40. The van der Waals surface area contributed by atoms with Crippen molar-refractivity contribution in [3.63, 3.8) is 0 Å². The lowest BCUT2D eigenvalue weighted by atomic mass is 9.90. The van der Waals surface area contributed by atoms with Gasteiger partial charge in [0.1, 0.15) is 5.84 Å². The van der Waals surface area contributed by atoms with E-state index < -0.39 is 6.09 Å². The zero-order chi connectivity index (χ0) is 20.4. The van der Waals surface area contributed by atoms with Crippen LogP contribution in [0.5, 0.6) is 0 Å². The molecule has 0 spiro atoms. The monoisotopic (exact) mass is 408 g/mol. The number of benzene rings is 1. The first kappa shape index (κ1) is 19.3. The number of nitrogens with one attached hydrogen (secondary N) is 3. The normalized spacial score (nSPS) is 16.4. The summed E-state index contributed by atoms with van der Waals surface area (Å²) in [7, 11) is 0. The Morgan fingerprint density at radius 3 is 2.93 bits per heavy atom. The van der Waals surface area contributed by atoms with E-state index in [1.165, 1.54) is 27.4 Å². The smallest absolute Gasteiger partial charge is 0.407 e. The van der Waals surface area contributed by atoms with Gasteiger partial charge in [-0.1, -0.05) is 18.2 Å². The second-order valence-corrected chi connectivity index (χ2v) is 8.11. The van der Waals surface area contributed by atoms with E-state index in [0.29, 0.717) is 12.4 Å².